The third kappa shape index (κ3) is 7.15. The van der Waals surface area contributed by atoms with Gasteiger partial charge in [0, 0.05) is 32.6 Å². The Morgan fingerprint density at radius 1 is 1.00 bits per heavy atom. The summed E-state index contributed by atoms with van der Waals surface area (Å²) in [7, 11) is 1.72. The summed E-state index contributed by atoms with van der Waals surface area (Å²) in [5.41, 5.74) is 2.76. The van der Waals surface area contributed by atoms with Gasteiger partial charge in [-0.25, -0.2) is 9.78 Å². The van der Waals surface area contributed by atoms with Gasteiger partial charge in [0.2, 0.25) is 11.8 Å². The number of carbonyl (C=O) groups is 2. The summed E-state index contributed by atoms with van der Waals surface area (Å²) in [5, 5.41) is 5.51. The molecule has 31 heavy (non-hydrogen) atoms. The average molecular weight is 418 g/mol. The molecule has 0 bridgehead atoms. The Kier molecular flexibility index (Phi) is 7.59. The zero-order valence-electron chi connectivity index (χ0n) is 17.7. The Hall–Kier alpha value is -3.87. The highest BCUT2D eigenvalue weighted by molar-refractivity contribution is 5.91. The minimum absolute atomic E-state index is 0.159. The number of aryl methyl sites for hydroxylation is 1. The van der Waals surface area contributed by atoms with Crippen LogP contribution < -0.4 is 15.4 Å². The summed E-state index contributed by atoms with van der Waals surface area (Å²) < 4.78 is 5.67. The maximum atomic E-state index is 12.2. The maximum Gasteiger partial charge on any atom is 0.317 e. The number of carbonyl (C=O) groups excluding carboxylic acids is 2. The predicted octanol–water partition coefficient (Wildman–Crippen LogP) is 4.35. The monoisotopic (exact) mass is 418 g/mol. The SMILES string of the molecule is Cc1ccc(Oc2ccc(NC(=O)CCNC(=O)N(C)Cc3ccccc3)cn2)cc1. The molecule has 0 atom stereocenters. The fraction of sp³-hybridized carbons (Fsp3) is 0.208. The van der Waals surface area contributed by atoms with Crippen LogP contribution in [0.4, 0.5) is 10.5 Å². The van der Waals surface area contributed by atoms with Crippen molar-refractivity contribution in [3.05, 3.63) is 84.1 Å². The molecule has 0 saturated heterocycles. The number of hydrogen-bond donors (Lipinski definition) is 2. The Labute approximate surface area is 182 Å². The molecule has 3 aromatic rings. The van der Waals surface area contributed by atoms with Crippen molar-refractivity contribution in [1.82, 2.24) is 15.2 Å². The number of anilines is 1. The highest BCUT2D eigenvalue weighted by atomic mass is 16.5. The number of nitrogens with zero attached hydrogens (tertiary/aromatic N) is 2. The van der Waals surface area contributed by atoms with E-state index in [1.165, 1.54) is 6.20 Å². The van der Waals surface area contributed by atoms with E-state index in [1.807, 2.05) is 61.5 Å². The maximum absolute atomic E-state index is 12.2. The van der Waals surface area contributed by atoms with Crippen LogP contribution in [-0.2, 0) is 11.3 Å². The van der Waals surface area contributed by atoms with E-state index in [0.29, 0.717) is 23.9 Å². The Morgan fingerprint density at radius 2 is 1.74 bits per heavy atom. The summed E-state index contributed by atoms with van der Waals surface area (Å²) in [6.45, 7) is 2.75. The van der Waals surface area contributed by atoms with Crippen LogP contribution in [0.15, 0.2) is 72.9 Å². The van der Waals surface area contributed by atoms with Crippen molar-refractivity contribution in [2.24, 2.45) is 0 Å². The predicted molar refractivity (Wildman–Crippen MR) is 120 cm³/mol. The Morgan fingerprint density at radius 3 is 2.42 bits per heavy atom. The molecule has 0 aliphatic heterocycles. The lowest BCUT2D eigenvalue weighted by Gasteiger charge is -2.18. The summed E-state index contributed by atoms with van der Waals surface area (Å²) >= 11 is 0. The number of nitrogens with one attached hydrogen (secondary N) is 2. The summed E-state index contributed by atoms with van der Waals surface area (Å²) in [4.78, 5) is 30.1. The molecule has 3 rings (SSSR count). The molecule has 0 unspecified atom stereocenters. The van der Waals surface area contributed by atoms with E-state index in [4.69, 9.17) is 4.74 Å². The van der Waals surface area contributed by atoms with Crippen molar-refractivity contribution in [3.63, 3.8) is 0 Å². The van der Waals surface area contributed by atoms with Crippen LogP contribution in [0.2, 0.25) is 0 Å². The molecule has 0 radical (unpaired) electrons. The van der Waals surface area contributed by atoms with Crippen LogP contribution in [0.1, 0.15) is 17.5 Å². The van der Waals surface area contributed by atoms with E-state index in [1.54, 1.807) is 24.1 Å². The fourth-order valence-corrected chi connectivity index (χ4v) is 2.81. The number of hydrogen-bond acceptors (Lipinski definition) is 4. The number of aromatic nitrogens is 1. The molecule has 0 fully saturated rings. The molecule has 1 heterocycles. The van der Waals surface area contributed by atoms with E-state index in [0.717, 1.165) is 11.1 Å². The van der Waals surface area contributed by atoms with Gasteiger partial charge in [-0.05, 0) is 30.7 Å². The second kappa shape index (κ2) is 10.8. The molecule has 7 nitrogen and oxygen atoms in total. The second-order valence-corrected chi connectivity index (χ2v) is 7.17. The van der Waals surface area contributed by atoms with Gasteiger partial charge < -0.3 is 20.3 Å². The van der Waals surface area contributed by atoms with Gasteiger partial charge in [-0.2, -0.15) is 0 Å². The first-order chi connectivity index (χ1) is 15.0. The van der Waals surface area contributed by atoms with Crippen molar-refractivity contribution < 1.29 is 14.3 Å². The first-order valence-corrected chi connectivity index (χ1v) is 10.0. The Bertz CT molecular complexity index is 990. The third-order valence-corrected chi connectivity index (χ3v) is 4.50. The standard InChI is InChI=1S/C24H26N4O3/c1-18-8-11-21(12-9-18)31-23-13-10-20(16-26-23)27-22(29)14-15-25-24(30)28(2)17-19-6-4-3-5-7-19/h3-13,16H,14-15,17H2,1-2H3,(H,25,30)(H,27,29). The molecule has 7 heteroatoms. The van der Waals surface area contributed by atoms with Gasteiger partial charge in [0.25, 0.3) is 0 Å². The van der Waals surface area contributed by atoms with E-state index >= 15 is 0 Å². The number of ether oxygens (including phenoxy) is 1. The van der Waals surface area contributed by atoms with Gasteiger partial charge >= 0.3 is 6.03 Å². The third-order valence-electron chi connectivity index (χ3n) is 4.50. The lowest BCUT2D eigenvalue weighted by Crippen LogP contribution is -2.38. The molecule has 160 valence electrons. The number of pyridine rings is 1. The molecule has 3 amide bonds. The molecule has 0 saturated carbocycles. The minimum Gasteiger partial charge on any atom is -0.439 e. The summed E-state index contributed by atoms with van der Waals surface area (Å²) in [6, 6.07) is 20.6. The van der Waals surface area contributed by atoms with Gasteiger partial charge in [0.1, 0.15) is 5.75 Å². The van der Waals surface area contributed by atoms with E-state index in [-0.39, 0.29) is 24.9 Å². The van der Waals surface area contributed by atoms with Crippen molar-refractivity contribution in [2.45, 2.75) is 19.9 Å². The molecule has 0 spiro atoms. The van der Waals surface area contributed by atoms with E-state index in [2.05, 4.69) is 15.6 Å². The summed E-state index contributed by atoms with van der Waals surface area (Å²) in [6.07, 6.45) is 1.69. The van der Waals surface area contributed by atoms with Crippen molar-refractivity contribution >= 4 is 17.6 Å². The number of urea groups is 1. The van der Waals surface area contributed by atoms with Gasteiger partial charge in [0.15, 0.2) is 0 Å². The van der Waals surface area contributed by atoms with E-state index < -0.39 is 0 Å². The zero-order valence-corrected chi connectivity index (χ0v) is 17.7. The smallest absolute Gasteiger partial charge is 0.317 e. The van der Waals surface area contributed by atoms with Crippen molar-refractivity contribution in [3.8, 4) is 11.6 Å². The number of rotatable bonds is 8. The first-order valence-electron chi connectivity index (χ1n) is 10.0. The lowest BCUT2D eigenvalue weighted by molar-refractivity contribution is -0.116. The highest BCUT2D eigenvalue weighted by Crippen LogP contribution is 2.20. The number of benzene rings is 2. The van der Waals surface area contributed by atoms with Crippen molar-refractivity contribution in [2.75, 3.05) is 18.9 Å². The first kappa shape index (κ1) is 21.8. The largest absolute Gasteiger partial charge is 0.439 e. The van der Waals surface area contributed by atoms with Crippen LogP contribution in [0.3, 0.4) is 0 Å². The van der Waals surface area contributed by atoms with Crippen LogP contribution in [0.5, 0.6) is 11.6 Å². The molecule has 0 aliphatic rings. The van der Waals surface area contributed by atoms with Gasteiger partial charge in [-0.1, -0.05) is 48.0 Å². The van der Waals surface area contributed by atoms with Crippen LogP contribution >= 0.6 is 0 Å². The van der Waals surface area contributed by atoms with E-state index in [9.17, 15) is 9.59 Å². The minimum atomic E-state index is -0.226. The number of amides is 3. The quantitative estimate of drug-likeness (QED) is 0.570. The fourth-order valence-electron chi connectivity index (χ4n) is 2.81. The van der Waals surface area contributed by atoms with Crippen LogP contribution in [0, 0.1) is 6.92 Å². The Balaban J connectivity index is 1.39. The lowest BCUT2D eigenvalue weighted by atomic mass is 10.2. The highest BCUT2D eigenvalue weighted by Gasteiger charge is 2.10. The normalized spacial score (nSPS) is 10.3. The second-order valence-electron chi connectivity index (χ2n) is 7.17. The van der Waals surface area contributed by atoms with Gasteiger partial charge in [-0.15, -0.1) is 0 Å². The van der Waals surface area contributed by atoms with Gasteiger partial charge in [0.05, 0.1) is 11.9 Å². The molecule has 1 aromatic heterocycles. The molecule has 0 aliphatic carbocycles. The molecule has 2 N–H and O–H groups in total. The average Bonchev–Trinajstić information content (AvgIpc) is 2.77. The van der Waals surface area contributed by atoms with Crippen LogP contribution in [0.25, 0.3) is 0 Å². The van der Waals surface area contributed by atoms with Crippen molar-refractivity contribution in [1.29, 1.82) is 0 Å². The topological polar surface area (TPSA) is 83.6 Å². The molecular weight excluding hydrogens is 392 g/mol. The molecular formula is C24H26N4O3. The molecule has 2 aromatic carbocycles. The van der Waals surface area contributed by atoms with Crippen LogP contribution in [-0.4, -0.2) is 35.4 Å². The zero-order chi connectivity index (χ0) is 22.1. The van der Waals surface area contributed by atoms with Gasteiger partial charge in [-0.3, -0.25) is 4.79 Å². The summed E-state index contributed by atoms with van der Waals surface area (Å²) in [5.74, 6) is 0.929.